The second-order valence-corrected chi connectivity index (χ2v) is 3.61. The molecule has 0 aliphatic rings. The molecule has 86 valence electrons. The quantitative estimate of drug-likeness (QED) is 0.619. The molecule has 4 nitrogen and oxygen atoms in total. The van der Waals surface area contributed by atoms with E-state index >= 15 is 0 Å². The molecular formula is C12H9ClN2O2. The van der Waals surface area contributed by atoms with E-state index in [1.807, 2.05) is 30.3 Å². The van der Waals surface area contributed by atoms with Gasteiger partial charge < -0.3 is 4.74 Å². The SMILES string of the molecule is O=C(OCc1ccccc1)c1ccnc(Cl)n1. The molecule has 1 aromatic heterocycles. The number of nitrogens with zero attached hydrogens (tertiary/aromatic N) is 2. The maximum atomic E-state index is 11.6. The van der Waals surface area contributed by atoms with Gasteiger partial charge in [0.15, 0.2) is 5.69 Å². The first-order valence-electron chi connectivity index (χ1n) is 4.95. The molecule has 0 bridgehead atoms. The van der Waals surface area contributed by atoms with Crippen LogP contribution in [0, 0.1) is 0 Å². The van der Waals surface area contributed by atoms with Crippen LogP contribution in [-0.4, -0.2) is 15.9 Å². The molecule has 0 radical (unpaired) electrons. The summed E-state index contributed by atoms with van der Waals surface area (Å²) in [5.74, 6) is -0.516. The maximum Gasteiger partial charge on any atom is 0.357 e. The molecule has 0 atom stereocenters. The zero-order chi connectivity index (χ0) is 12.1. The van der Waals surface area contributed by atoms with Crippen molar-refractivity contribution in [2.45, 2.75) is 6.61 Å². The Kier molecular flexibility index (Phi) is 3.67. The topological polar surface area (TPSA) is 52.1 Å². The third kappa shape index (κ3) is 3.26. The van der Waals surface area contributed by atoms with Crippen molar-refractivity contribution < 1.29 is 9.53 Å². The average Bonchev–Trinajstić information content (AvgIpc) is 2.37. The van der Waals surface area contributed by atoms with E-state index < -0.39 is 5.97 Å². The van der Waals surface area contributed by atoms with E-state index in [4.69, 9.17) is 16.3 Å². The van der Waals surface area contributed by atoms with Gasteiger partial charge in [-0.3, -0.25) is 0 Å². The molecule has 1 aromatic carbocycles. The van der Waals surface area contributed by atoms with E-state index in [-0.39, 0.29) is 17.6 Å². The maximum absolute atomic E-state index is 11.6. The molecule has 0 N–H and O–H groups in total. The van der Waals surface area contributed by atoms with Crippen molar-refractivity contribution in [3.8, 4) is 0 Å². The van der Waals surface area contributed by atoms with Gasteiger partial charge in [-0.2, -0.15) is 0 Å². The van der Waals surface area contributed by atoms with Crippen molar-refractivity contribution in [2.24, 2.45) is 0 Å². The average molecular weight is 249 g/mol. The van der Waals surface area contributed by atoms with Crippen LogP contribution in [0.25, 0.3) is 0 Å². The standard InChI is InChI=1S/C12H9ClN2O2/c13-12-14-7-6-10(15-12)11(16)17-8-9-4-2-1-3-5-9/h1-7H,8H2. The fraction of sp³-hybridized carbons (Fsp3) is 0.0833. The number of rotatable bonds is 3. The number of hydrogen-bond acceptors (Lipinski definition) is 4. The summed E-state index contributed by atoms with van der Waals surface area (Å²) in [7, 11) is 0. The molecule has 1 heterocycles. The van der Waals surface area contributed by atoms with Crippen molar-refractivity contribution >= 4 is 17.6 Å². The van der Waals surface area contributed by atoms with Gasteiger partial charge in [-0.25, -0.2) is 14.8 Å². The molecule has 17 heavy (non-hydrogen) atoms. The number of benzene rings is 1. The molecular weight excluding hydrogens is 240 g/mol. The van der Waals surface area contributed by atoms with E-state index in [0.717, 1.165) is 5.56 Å². The molecule has 0 saturated carbocycles. The van der Waals surface area contributed by atoms with E-state index in [1.165, 1.54) is 12.3 Å². The van der Waals surface area contributed by atoms with Crippen molar-refractivity contribution in [1.29, 1.82) is 0 Å². The van der Waals surface area contributed by atoms with Crippen LogP contribution >= 0.6 is 11.6 Å². The van der Waals surface area contributed by atoms with Crippen molar-refractivity contribution in [3.63, 3.8) is 0 Å². The van der Waals surface area contributed by atoms with Crippen LogP contribution in [0.2, 0.25) is 5.28 Å². The first kappa shape index (κ1) is 11.5. The monoisotopic (exact) mass is 248 g/mol. The summed E-state index contributed by atoms with van der Waals surface area (Å²) in [6, 6.07) is 10.9. The number of carbonyl (C=O) groups is 1. The normalized spacial score (nSPS) is 9.94. The highest BCUT2D eigenvalue weighted by molar-refractivity contribution is 6.28. The van der Waals surface area contributed by atoms with Gasteiger partial charge in [-0.05, 0) is 23.2 Å². The Morgan fingerprint density at radius 1 is 1.24 bits per heavy atom. The van der Waals surface area contributed by atoms with E-state index in [1.54, 1.807) is 0 Å². The van der Waals surface area contributed by atoms with Crippen LogP contribution in [0.3, 0.4) is 0 Å². The Labute approximate surface area is 103 Å². The zero-order valence-electron chi connectivity index (χ0n) is 8.84. The molecule has 0 fully saturated rings. The van der Waals surface area contributed by atoms with Crippen LogP contribution in [0.15, 0.2) is 42.6 Å². The number of aromatic nitrogens is 2. The lowest BCUT2D eigenvalue weighted by molar-refractivity contribution is 0.0465. The Balaban J connectivity index is 1.98. The number of ether oxygens (including phenoxy) is 1. The van der Waals surface area contributed by atoms with Gasteiger partial charge in [-0.1, -0.05) is 30.3 Å². The minimum absolute atomic E-state index is 0.0270. The second kappa shape index (κ2) is 5.41. The Morgan fingerprint density at radius 2 is 2.00 bits per heavy atom. The molecule has 0 spiro atoms. The van der Waals surface area contributed by atoms with Gasteiger partial charge >= 0.3 is 5.97 Å². The number of hydrogen-bond donors (Lipinski definition) is 0. The molecule has 2 aromatic rings. The summed E-state index contributed by atoms with van der Waals surface area (Å²) in [5, 5.41) is 0.0270. The summed E-state index contributed by atoms with van der Waals surface area (Å²) in [6.45, 7) is 0.210. The number of carbonyl (C=O) groups excluding carboxylic acids is 1. The van der Waals surface area contributed by atoms with Gasteiger partial charge in [0.2, 0.25) is 5.28 Å². The highest BCUT2D eigenvalue weighted by atomic mass is 35.5. The van der Waals surface area contributed by atoms with Crippen LogP contribution in [-0.2, 0) is 11.3 Å². The molecule has 0 unspecified atom stereocenters. The summed E-state index contributed by atoms with van der Waals surface area (Å²) < 4.78 is 5.08. The second-order valence-electron chi connectivity index (χ2n) is 3.27. The molecule has 5 heteroatoms. The predicted octanol–water partition coefficient (Wildman–Crippen LogP) is 2.49. The molecule has 0 saturated heterocycles. The first-order valence-corrected chi connectivity index (χ1v) is 5.33. The summed E-state index contributed by atoms with van der Waals surface area (Å²) in [6.07, 6.45) is 1.41. The fourth-order valence-electron chi connectivity index (χ4n) is 1.25. The fourth-order valence-corrected chi connectivity index (χ4v) is 1.39. The molecule has 0 aliphatic carbocycles. The lowest BCUT2D eigenvalue weighted by Gasteiger charge is -2.03. The highest BCUT2D eigenvalue weighted by Crippen LogP contribution is 2.06. The third-order valence-corrected chi connectivity index (χ3v) is 2.23. The number of halogens is 1. The molecule has 0 aliphatic heterocycles. The van der Waals surface area contributed by atoms with Crippen LogP contribution < -0.4 is 0 Å². The highest BCUT2D eigenvalue weighted by Gasteiger charge is 2.09. The lowest BCUT2D eigenvalue weighted by Crippen LogP contribution is -2.07. The van der Waals surface area contributed by atoms with Gasteiger partial charge in [0.1, 0.15) is 6.61 Å². The van der Waals surface area contributed by atoms with Crippen molar-refractivity contribution in [2.75, 3.05) is 0 Å². The van der Waals surface area contributed by atoms with Gasteiger partial charge in [0.05, 0.1) is 0 Å². The largest absolute Gasteiger partial charge is 0.456 e. The van der Waals surface area contributed by atoms with Gasteiger partial charge in [0, 0.05) is 6.20 Å². The Morgan fingerprint density at radius 3 is 2.71 bits per heavy atom. The smallest absolute Gasteiger partial charge is 0.357 e. The van der Waals surface area contributed by atoms with Crippen molar-refractivity contribution in [1.82, 2.24) is 9.97 Å². The van der Waals surface area contributed by atoms with E-state index in [0.29, 0.717) is 0 Å². The third-order valence-electron chi connectivity index (χ3n) is 2.05. The first-order chi connectivity index (χ1) is 8.25. The van der Waals surface area contributed by atoms with E-state index in [2.05, 4.69) is 9.97 Å². The summed E-state index contributed by atoms with van der Waals surface area (Å²) in [5.41, 5.74) is 1.07. The van der Waals surface area contributed by atoms with Crippen LogP contribution in [0.1, 0.15) is 16.1 Å². The molecule has 2 rings (SSSR count). The number of esters is 1. The van der Waals surface area contributed by atoms with Crippen LogP contribution in [0.4, 0.5) is 0 Å². The summed E-state index contributed by atoms with van der Waals surface area (Å²) >= 11 is 5.58. The zero-order valence-corrected chi connectivity index (χ0v) is 9.59. The Bertz CT molecular complexity index is 517. The minimum atomic E-state index is -0.516. The Hall–Kier alpha value is -1.94. The van der Waals surface area contributed by atoms with E-state index in [9.17, 15) is 4.79 Å². The minimum Gasteiger partial charge on any atom is -0.456 e. The van der Waals surface area contributed by atoms with Gasteiger partial charge in [-0.15, -0.1) is 0 Å². The predicted molar refractivity (Wildman–Crippen MR) is 62.6 cm³/mol. The van der Waals surface area contributed by atoms with Gasteiger partial charge in [0.25, 0.3) is 0 Å². The van der Waals surface area contributed by atoms with Crippen molar-refractivity contribution in [3.05, 3.63) is 59.1 Å². The lowest BCUT2D eigenvalue weighted by atomic mass is 10.2. The summed E-state index contributed by atoms with van der Waals surface area (Å²) in [4.78, 5) is 19.1. The van der Waals surface area contributed by atoms with Crippen LogP contribution in [0.5, 0.6) is 0 Å². The molecule has 0 amide bonds.